The van der Waals surface area contributed by atoms with Crippen LogP contribution >= 0.6 is 0 Å². The first-order valence-electron chi connectivity index (χ1n) is 6.09. The molecule has 0 saturated carbocycles. The first-order chi connectivity index (χ1) is 7.83. The molecule has 0 aliphatic carbocycles. The van der Waals surface area contributed by atoms with Crippen molar-refractivity contribution < 1.29 is 4.74 Å². The van der Waals surface area contributed by atoms with Crippen LogP contribution in [0.1, 0.15) is 19.3 Å². The van der Waals surface area contributed by atoms with Crippen molar-refractivity contribution >= 4 is 5.69 Å². The summed E-state index contributed by atoms with van der Waals surface area (Å²) in [5, 5.41) is 0. The minimum Gasteiger partial charge on any atom is -0.489 e. The molecule has 16 heavy (non-hydrogen) atoms. The fourth-order valence-corrected chi connectivity index (χ4v) is 2.89. The van der Waals surface area contributed by atoms with E-state index in [-0.39, 0.29) is 0 Å². The molecule has 0 amide bonds. The fraction of sp³-hybridized carbons (Fsp3) is 0.538. The predicted molar refractivity (Wildman–Crippen MR) is 64.5 cm³/mol. The molecular formula is C13H18N2O. The Hall–Kier alpha value is -1.22. The maximum Gasteiger partial charge on any atom is 0.119 e. The second kappa shape index (κ2) is 3.98. The lowest BCUT2D eigenvalue weighted by Crippen LogP contribution is -2.32. The van der Waals surface area contributed by atoms with E-state index in [0.29, 0.717) is 12.1 Å². The molecule has 2 aliphatic heterocycles. The Morgan fingerprint density at radius 3 is 2.75 bits per heavy atom. The van der Waals surface area contributed by atoms with Gasteiger partial charge in [-0.25, -0.2) is 0 Å². The number of nitrogens with two attached hydrogens (primary N) is 1. The Morgan fingerprint density at radius 1 is 1.12 bits per heavy atom. The number of fused-ring (bicyclic) bond motifs is 1. The molecule has 2 heterocycles. The molecule has 2 aliphatic rings. The number of rotatable bonds is 2. The van der Waals surface area contributed by atoms with Gasteiger partial charge in [0.15, 0.2) is 0 Å². The molecule has 1 aromatic carbocycles. The number of benzene rings is 1. The second-order valence-electron chi connectivity index (χ2n) is 4.76. The van der Waals surface area contributed by atoms with E-state index in [2.05, 4.69) is 4.90 Å². The van der Waals surface area contributed by atoms with Gasteiger partial charge in [-0.15, -0.1) is 0 Å². The van der Waals surface area contributed by atoms with Gasteiger partial charge in [-0.05, 0) is 50.1 Å². The second-order valence-corrected chi connectivity index (χ2v) is 4.76. The highest BCUT2D eigenvalue weighted by molar-refractivity contribution is 5.41. The Bertz CT molecular complexity index is 363. The van der Waals surface area contributed by atoms with Gasteiger partial charge in [0, 0.05) is 18.3 Å². The van der Waals surface area contributed by atoms with E-state index in [4.69, 9.17) is 10.5 Å². The zero-order valence-electron chi connectivity index (χ0n) is 9.43. The molecule has 0 spiro atoms. The molecule has 3 rings (SSSR count). The summed E-state index contributed by atoms with van der Waals surface area (Å²) < 4.78 is 6.05. The highest BCUT2D eigenvalue weighted by Crippen LogP contribution is 2.31. The Kier molecular flexibility index (Phi) is 2.48. The van der Waals surface area contributed by atoms with Crippen molar-refractivity contribution in [1.82, 2.24) is 4.90 Å². The lowest BCUT2D eigenvalue weighted by Gasteiger charge is -2.21. The van der Waals surface area contributed by atoms with Crippen LogP contribution in [-0.2, 0) is 0 Å². The zero-order valence-corrected chi connectivity index (χ0v) is 9.43. The Labute approximate surface area is 96.2 Å². The van der Waals surface area contributed by atoms with Gasteiger partial charge in [0.1, 0.15) is 11.9 Å². The van der Waals surface area contributed by atoms with Crippen molar-refractivity contribution in [2.45, 2.75) is 31.4 Å². The zero-order chi connectivity index (χ0) is 11.0. The molecule has 2 N–H and O–H groups in total. The first-order valence-corrected chi connectivity index (χ1v) is 6.09. The molecule has 86 valence electrons. The molecule has 0 radical (unpaired) electrons. The molecule has 2 fully saturated rings. The van der Waals surface area contributed by atoms with Crippen LogP contribution in [0.2, 0.25) is 0 Å². The Balaban J connectivity index is 1.68. The topological polar surface area (TPSA) is 38.5 Å². The van der Waals surface area contributed by atoms with E-state index in [1.165, 1.54) is 25.9 Å². The minimum atomic E-state index is 0.381. The lowest BCUT2D eigenvalue weighted by atomic mass is 10.1. The van der Waals surface area contributed by atoms with E-state index in [0.717, 1.165) is 17.9 Å². The molecule has 2 atom stereocenters. The molecule has 0 unspecified atom stereocenters. The van der Waals surface area contributed by atoms with Crippen molar-refractivity contribution in [3.8, 4) is 5.75 Å². The molecule has 3 heteroatoms. The summed E-state index contributed by atoms with van der Waals surface area (Å²) in [5.41, 5.74) is 6.45. The largest absolute Gasteiger partial charge is 0.489 e. The van der Waals surface area contributed by atoms with Crippen LogP contribution in [0.5, 0.6) is 5.75 Å². The standard InChI is InChI=1S/C13H18N2O/c14-10-3-5-11(6-4-10)16-13-7-9-15-8-1-2-12(13)15/h3-6,12-13H,1-2,7-9,14H2/t12-,13+/m1/s1. The van der Waals surface area contributed by atoms with Gasteiger partial charge in [0.25, 0.3) is 0 Å². The lowest BCUT2D eigenvalue weighted by molar-refractivity contribution is 0.159. The molecule has 1 aromatic rings. The van der Waals surface area contributed by atoms with Gasteiger partial charge in [0.05, 0.1) is 0 Å². The van der Waals surface area contributed by atoms with Crippen LogP contribution in [0, 0.1) is 0 Å². The third-order valence-corrected chi connectivity index (χ3v) is 3.71. The van der Waals surface area contributed by atoms with Gasteiger partial charge in [-0.3, -0.25) is 4.90 Å². The van der Waals surface area contributed by atoms with Crippen molar-refractivity contribution in [2.75, 3.05) is 18.8 Å². The molecule has 0 aromatic heterocycles. The summed E-state index contributed by atoms with van der Waals surface area (Å²) in [4.78, 5) is 2.56. The summed E-state index contributed by atoms with van der Waals surface area (Å²) >= 11 is 0. The Morgan fingerprint density at radius 2 is 1.94 bits per heavy atom. The smallest absolute Gasteiger partial charge is 0.119 e. The van der Waals surface area contributed by atoms with Crippen LogP contribution < -0.4 is 10.5 Å². The average Bonchev–Trinajstić information content (AvgIpc) is 2.86. The summed E-state index contributed by atoms with van der Waals surface area (Å²) in [6, 6.07) is 8.38. The van der Waals surface area contributed by atoms with Gasteiger partial charge >= 0.3 is 0 Å². The summed E-state index contributed by atoms with van der Waals surface area (Å²) in [5.74, 6) is 0.952. The first kappa shape index (κ1) is 9.97. The normalized spacial score (nSPS) is 29.2. The number of hydrogen-bond donors (Lipinski definition) is 1. The fourth-order valence-electron chi connectivity index (χ4n) is 2.89. The average molecular weight is 218 g/mol. The van der Waals surface area contributed by atoms with E-state index in [9.17, 15) is 0 Å². The number of ether oxygens (including phenoxy) is 1. The van der Waals surface area contributed by atoms with Gasteiger partial charge < -0.3 is 10.5 Å². The maximum atomic E-state index is 6.05. The maximum absolute atomic E-state index is 6.05. The van der Waals surface area contributed by atoms with Crippen molar-refractivity contribution in [2.24, 2.45) is 0 Å². The SMILES string of the molecule is Nc1ccc(O[C@H]2CCN3CCC[C@H]23)cc1. The third kappa shape index (κ3) is 1.76. The molecule has 0 bridgehead atoms. The molecule has 3 nitrogen and oxygen atoms in total. The predicted octanol–water partition coefficient (Wildman–Crippen LogP) is 1.88. The van der Waals surface area contributed by atoms with E-state index < -0.39 is 0 Å². The van der Waals surface area contributed by atoms with E-state index in [1.807, 2.05) is 24.3 Å². The third-order valence-electron chi connectivity index (χ3n) is 3.71. The van der Waals surface area contributed by atoms with Crippen LogP contribution in [0.3, 0.4) is 0 Å². The minimum absolute atomic E-state index is 0.381. The number of anilines is 1. The quantitative estimate of drug-likeness (QED) is 0.770. The van der Waals surface area contributed by atoms with Crippen molar-refractivity contribution in [3.05, 3.63) is 24.3 Å². The van der Waals surface area contributed by atoms with Crippen LogP contribution in [-0.4, -0.2) is 30.1 Å². The van der Waals surface area contributed by atoms with Crippen LogP contribution in [0.25, 0.3) is 0 Å². The summed E-state index contributed by atoms with van der Waals surface area (Å²) in [6.07, 6.45) is 4.16. The van der Waals surface area contributed by atoms with Crippen LogP contribution in [0.4, 0.5) is 5.69 Å². The van der Waals surface area contributed by atoms with Crippen molar-refractivity contribution in [1.29, 1.82) is 0 Å². The van der Waals surface area contributed by atoms with Gasteiger partial charge in [-0.1, -0.05) is 0 Å². The number of nitrogens with zero attached hydrogens (tertiary/aromatic N) is 1. The highest BCUT2D eigenvalue weighted by Gasteiger charge is 2.38. The van der Waals surface area contributed by atoms with Gasteiger partial charge in [0.2, 0.25) is 0 Å². The van der Waals surface area contributed by atoms with Crippen molar-refractivity contribution in [3.63, 3.8) is 0 Å². The monoisotopic (exact) mass is 218 g/mol. The van der Waals surface area contributed by atoms with Crippen LogP contribution in [0.15, 0.2) is 24.3 Å². The summed E-state index contributed by atoms with van der Waals surface area (Å²) in [7, 11) is 0. The van der Waals surface area contributed by atoms with Gasteiger partial charge in [-0.2, -0.15) is 0 Å². The molecule has 2 saturated heterocycles. The number of nitrogen functional groups attached to an aromatic ring is 1. The van der Waals surface area contributed by atoms with E-state index in [1.54, 1.807) is 0 Å². The highest BCUT2D eigenvalue weighted by atomic mass is 16.5. The summed E-state index contributed by atoms with van der Waals surface area (Å²) in [6.45, 7) is 2.45. The van der Waals surface area contributed by atoms with E-state index >= 15 is 0 Å². The molecular weight excluding hydrogens is 200 g/mol. The number of hydrogen-bond acceptors (Lipinski definition) is 3.